The normalized spacial score (nSPS) is 14.8. The maximum absolute atomic E-state index is 13.8. The fraction of sp³-hybridized carbons (Fsp3) is 0.100. The minimum absolute atomic E-state index is 0.279. The number of carbonyl (C=O) groups excluding carboxylic acids is 1. The Balaban J connectivity index is 1.65. The van der Waals surface area contributed by atoms with Crippen LogP contribution in [0.3, 0.4) is 0 Å². The molecule has 0 bridgehead atoms. The molecule has 0 atom stereocenters. The van der Waals surface area contributed by atoms with Crippen molar-refractivity contribution in [2.75, 3.05) is 4.90 Å². The number of aromatic nitrogens is 2. The number of amides is 1. The molecular weight excluding hydrogens is 448 g/mol. The maximum Gasteiger partial charge on any atom is 0.296 e. The second kappa shape index (κ2) is 9.50. The average molecular weight is 475 g/mol. The first-order valence-electron chi connectivity index (χ1n) is 11.8. The monoisotopic (exact) mass is 474 g/mol. The van der Waals surface area contributed by atoms with Crippen molar-refractivity contribution in [3.8, 4) is 5.69 Å². The number of allylic oxidation sites excluding steroid dienone is 1. The lowest BCUT2D eigenvalue weighted by molar-refractivity contribution is -0.113. The Morgan fingerprint density at radius 2 is 1.42 bits per heavy atom. The van der Waals surface area contributed by atoms with Gasteiger partial charge in [0.05, 0.1) is 11.4 Å². The molecule has 0 radical (unpaired) electrons. The molecule has 0 saturated carbocycles. The molecule has 3 aromatic carbocycles. The molecule has 1 aliphatic rings. The van der Waals surface area contributed by atoms with Crippen LogP contribution in [0.4, 0.5) is 5.69 Å². The SMILES string of the molecule is C/C=C/c1ccc(/C=C2/N=C(c3ccccc3)N(c3c(C)n(C)n(-c4ccccc4)c3=O)C2=O)cc1. The largest absolute Gasteiger partial charge is 0.296 e. The van der Waals surface area contributed by atoms with Crippen LogP contribution in [0.1, 0.15) is 29.3 Å². The van der Waals surface area contributed by atoms with Crippen molar-refractivity contribution in [1.29, 1.82) is 0 Å². The van der Waals surface area contributed by atoms with E-state index < -0.39 is 0 Å². The first-order valence-corrected chi connectivity index (χ1v) is 11.8. The second-order valence-corrected chi connectivity index (χ2v) is 8.55. The van der Waals surface area contributed by atoms with Crippen molar-refractivity contribution in [2.24, 2.45) is 12.0 Å². The van der Waals surface area contributed by atoms with Crippen molar-refractivity contribution in [3.63, 3.8) is 0 Å². The van der Waals surface area contributed by atoms with Gasteiger partial charge in [-0.15, -0.1) is 0 Å². The molecule has 178 valence electrons. The minimum atomic E-state index is -0.336. The van der Waals surface area contributed by atoms with Gasteiger partial charge in [0, 0.05) is 12.6 Å². The number of nitrogens with zero attached hydrogens (tertiary/aromatic N) is 4. The minimum Gasteiger partial charge on any atom is -0.283 e. The van der Waals surface area contributed by atoms with E-state index in [1.807, 2.05) is 118 Å². The van der Waals surface area contributed by atoms with Crippen LogP contribution in [-0.2, 0) is 11.8 Å². The summed E-state index contributed by atoms with van der Waals surface area (Å²) in [5.74, 6) is 0.0980. The lowest BCUT2D eigenvalue weighted by atomic mass is 10.1. The summed E-state index contributed by atoms with van der Waals surface area (Å²) in [4.78, 5) is 33.7. The molecule has 1 amide bonds. The van der Waals surface area contributed by atoms with Crippen molar-refractivity contribution in [2.45, 2.75) is 13.8 Å². The number of para-hydroxylation sites is 1. The van der Waals surface area contributed by atoms with Crippen LogP contribution in [0.25, 0.3) is 17.8 Å². The van der Waals surface area contributed by atoms with Gasteiger partial charge in [-0.1, -0.05) is 84.9 Å². The quantitative estimate of drug-likeness (QED) is 0.366. The summed E-state index contributed by atoms with van der Waals surface area (Å²) in [5.41, 5.74) is 4.37. The number of hydrogen-bond acceptors (Lipinski definition) is 3. The Kier molecular flexibility index (Phi) is 6.09. The lowest BCUT2D eigenvalue weighted by Gasteiger charge is -2.17. The maximum atomic E-state index is 13.8. The number of carbonyl (C=O) groups is 1. The van der Waals surface area contributed by atoms with Crippen LogP contribution in [-0.4, -0.2) is 21.1 Å². The molecule has 0 N–H and O–H groups in total. The van der Waals surface area contributed by atoms with E-state index in [-0.39, 0.29) is 17.2 Å². The average Bonchev–Trinajstić information content (AvgIpc) is 3.33. The van der Waals surface area contributed by atoms with Crippen molar-refractivity contribution in [3.05, 3.63) is 129 Å². The van der Waals surface area contributed by atoms with Crippen LogP contribution in [0.5, 0.6) is 0 Å². The molecule has 6 nitrogen and oxygen atoms in total. The van der Waals surface area contributed by atoms with E-state index in [0.29, 0.717) is 17.2 Å². The highest BCUT2D eigenvalue weighted by Crippen LogP contribution is 2.29. The van der Waals surface area contributed by atoms with Gasteiger partial charge < -0.3 is 0 Å². The molecule has 6 heteroatoms. The number of aliphatic imine (C=N–C) groups is 1. The number of amidine groups is 1. The van der Waals surface area contributed by atoms with Gasteiger partial charge in [0.15, 0.2) is 0 Å². The summed E-state index contributed by atoms with van der Waals surface area (Å²) in [5, 5.41) is 0. The fourth-order valence-corrected chi connectivity index (χ4v) is 4.37. The third-order valence-electron chi connectivity index (χ3n) is 6.24. The molecule has 1 aliphatic heterocycles. The summed E-state index contributed by atoms with van der Waals surface area (Å²) in [6, 6.07) is 26.7. The zero-order valence-corrected chi connectivity index (χ0v) is 20.4. The third kappa shape index (κ3) is 4.03. The van der Waals surface area contributed by atoms with Crippen molar-refractivity contribution >= 4 is 29.6 Å². The molecular formula is C30H26N4O2. The van der Waals surface area contributed by atoms with Crippen LogP contribution < -0.4 is 10.5 Å². The van der Waals surface area contributed by atoms with Crippen molar-refractivity contribution < 1.29 is 4.79 Å². The molecule has 36 heavy (non-hydrogen) atoms. The summed E-state index contributed by atoms with van der Waals surface area (Å²) < 4.78 is 3.34. The molecule has 0 spiro atoms. The zero-order valence-electron chi connectivity index (χ0n) is 20.4. The first-order chi connectivity index (χ1) is 17.5. The van der Waals surface area contributed by atoms with E-state index in [0.717, 1.165) is 22.4 Å². The van der Waals surface area contributed by atoms with Crippen molar-refractivity contribution in [1.82, 2.24) is 9.36 Å². The molecule has 5 rings (SSSR count). The molecule has 0 fully saturated rings. The van der Waals surface area contributed by atoms with E-state index in [4.69, 9.17) is 4.99 Å². The molecule has 4 aromatic rings. The third-order valence-corrected chi connectivity index (χ3v) is 6.24. The Hall–Kier alpha value is -4.71. The summed E-state index contributed by atoms with van der Waals surface area (Å²) in [6.07, 6.45) is 5.76. The summed E-state index contributed by atoms with van der Waals surface area (Å²) >= 11 is 0. The van der Waals surface area contributed by atoms with Gasteiger partial charge in [-0.3, -0.25) is 19.2 Å². The van der Waals surface area contributed by atoms with E-state index >= 15 is 0 Å². The Morgan fingerprint density at radius 3 is 2.06 bits per heavy atom. The molecule has 2 heterocycles. The van der Waals surface area contributed by atoms with Gasteiger partial charge in [0.2, 0.25) is 0 Å². The van der Waals surface area contributed by atoms with E-state index in [1.165, 1.54) is 4.90 Å². The van der Waals surface area contributed by atoms with Gasteiger partial charge in [0.25, 0.3) is 11.5 Å². The molecule has 1 aromatic heterocycles. The number of hydrogen-bond donors (Lipinski definition) is 0. The zero-order chi connectivity index (χ0) is 25.2. The standard InChI is InChI=1S/C30H26N4O2/c1-4-11-22-16-18-23(19-17-22)20-26-29(35)33(28(31-26)24-12-7-5-8-13-24)27-21(2)32(3)34(30(27)36)25-14-9-6-10-15-25/h4-20H,1-3H3/b11-4+,26-20+. The summed E-state index contributed by atoms with van der Waals surface area (Å²) in [7, 11) is 1.82. The summed E-state index contributed by atoms with van der Waals surface area (Å²) in [6.45, 7) is 3.81. The second-order valence-electron chi connectivity index (χ2n) is 8.55. The highest BCUT2D eigenvalue weighted by Gasteiger charge is 2.37. The van der Waals surface area contributed by atoms with E-state index in [1.54, 1.807) is 15.4 Å². The van der Waals surface area contributed by atoms with Gasteiger partial charge in [-0.2, -0.15) is 0 Å². The van der Waals surface area contributed by atoms with Crippen LogP contribution in [0.15, 0.2) is 106 Å². The Labute approximate surface area is 209 Å². The highest BCUT2D eigenvalue weighted by molar-refractivity contribution is 6.33. The van der Waals surface area contributed by atoms with Crippen LogP contribution in [0.2, 0.25) is 0 Å². The number of benzene rings is 3. The Morgan fingerprint density at radius 1 is 0.806 bits per heavy atom. The van der Waals surface area contributed by atoms with Gasteiger partial charge >= 0.3 is 0 Å². The van der Waals surface area contributed by atoms with Gasteiger partial charge in [-0.25, -0.2) is 9.67 Å². The number of anilines is 1. The first kappa shape index (κ1) is 23.1. The number of rotatable bonds is 5. The highest BCUT2D eigenvalue weighted by atomic mass is 16.2. The van der Waals surface area contributed by atoms with Crippen LogP contribution >= 0.6 is 0 Å². The van der Waals surface area contributed by atoms with Gasteiger partial charge in [-0.05, 0) is 43.2 Å². The smallest absolute Gasteiger partial charge is 0.283 e. The lowest BCUT2D eigenvalue weighted by Crippen LogP contribution is -2.36. The predicted octanol–water partition coefficient (Wildman–Crippen LogP) is 5.35. The van der Waals surface area contributed by atoms with E-state index in [2.05, 4.69) is 0 Å². The molecule has 0 aliphatic carbocycles. The Bertz CT molecular complexity index is 1570. The van der Waals surface area contributed by atoms with Gasteiger partial charge in [0.1, 0.15) is 17.2 Å². The topological polar surface area (TPSA) is 59.6 Å². The van der Waals surface area contributed by atoms with Crippen LogP contribution in [0, 0.1) is 6.92 Å². The molecule has 0 saturated heterocycles. The predicted molar refractivity (Wildman–Crippen MR) is 145 cm³/mol. The molecule has 0 unspecified atom stereocenters. The van der Waals surface area contributed by atoms with E-state index in [9.17, 15) is 9.59 Å². The fourth-order valence-electron chi connectivity index (χ4n) is 4.37.